The molecule has 0 aliphatic carbocycles. The molecule has 1 aromatic rings. The number of carbonyl (C=O) groups is 2. The highest BCUT2D eigenvalue weighted by atomic mass is 16.5. The van der Waals surface area contributed by atoms with Gasteiger partial charge in [0.2, 0.25) is 0 Å². The smallest absolute Gasteiger partial charge is 0.342 e. The second-order valence-corrected chi connectivity index (χ2v) is 6.97. The van der Waals surface area contributed by atoms with E-state index in [0.717, 1.165) is 12.8 Å². The van der Waals surface area contributed by atoms with E-state index in [0.29, 0.717) is 18.8 Å². The van der Waals surface area contributed by atoms with Gasteiger partial charge in [-0.1, -0.05) is 29.4 Å². The van der Waals surface area contributed by atoms with E-state index in [1.54, 1.807) is 25.1 Å². The number of esters is 1. The van der Waals surface area contributed by atoms with Crippen molar-refractivity contribution in [3.05, 3.63) is 47.1 Å². The average molecular weight is 403 g/mol. The summed E-state index contributed by atoms with van der Waals surface area (Å²) in [6.07, 6.45) is 6.04. The van der Waals surface area contributed by atoms with E-state index in [-0.39, 0.29) is 30.4 Å². The zero-order valence-corrected chi connectivity index (χ0v) is 18.3. The Balaban J connectivity index is 3.20. The van der Waals surface area contributed by atoms with Crippen molar-refractivity contribution >= 4 is 23.3 Å². The summed E-state index contributed by atoms with van der Waals surface area (Å²) in [5, 5.41) is 0. The van der Waals surface area contributed by atoms with Crippen LogP contribution in [0.25, 0.3) is 0 Å². The van der Waals surface area contributed by atoms with Crippen LogP contribution >= 0.6 is 0 Å². The summed E-state index contributed by atoms with van der Waals surface area (Å²) in [7, 11) is 0. The summed E-state index contributed by atoms with van der Waals surface area (Å²) in [5.41, 5.74) is 9.41. The van der Waals surface area contributed by atoms with Gasteiger partial charge in [-0.2, -0.15) is 0 Å². The second-order valence-electron chi connectivity index (χ2n) is 6.97. The van der Waals surface area contributed by atoms with Crippen LogP contribution in [0.5, 0.6) is 0 Å². The lowest BCUT2D eigenvalue weighted by Gasteiger charge is -2.24. The normalized spacial score (nSPS) is 11.1. The van der Waals surface area contributed by atoms with Gasteiger partial charge in [0.25, 0.3) is 5.91 Å². The highest BCUT2D eigenvalue weighted by molar-refractivity contribution is 6.06. The fraction of sp³-hybridized carbons (Fsp3) is 0.478. The molecule has 0 unspecified atom stereocenters. The van der Waals surface area contributed by atoms with Crippen LogP contribution < -0.4 is 10.6 Å². The Kier molecular flexibility index (Phi) is 10.8. The first-order valence-electron chi connectivity index (χ1n) is 10.0. The van der Waals surface area contributed by atoms with Crippen LogP contribution in [0.1, 0.15) is 57.8 Å². The first kappa shape index (κ1) is 24.4. The number of allylic oxidation sites excluding steroid dienone is 3. The van der Waals surface area contributed by atoms with Gasteiger partial charge in [-0.3, -0.25) is 4.79 Å². The Morgan fingerprint density at radius 1 is 1.10 bits per heavy atom. The molecule has 1 rings (SSSR count). The average Bonchev–Trinajstić information content (AvgIpc) is 2.66. The minimum atomic E-state index is -0.543. The standard InChI is InChI=1S/C23H34N2O4/c1-6-28-16-21(26)25(15-14-18(5)11-8-10-17(3)4)20-13-9-12-19(24)22(20)23(27)29-7-2/h9-10,12-14H,6-8,11,15-16,24H2,1-5H3. The summed E-state index contributed by atoms with van der Waals surface area (Å²) in [6, 6.07) is 5.06. The predicted molar refractivity (Wildman–Crippen MR) is 118 cm³/mol. The van der Waals surface area contributed by atoms with Gasteiger partial charge >= 0.3 is 5.97 Å². The summed E-state index contributed by atoms with van der Waals surface area (Å²) in [4.78, 5) is 26.8. The van der Waals surface area contributed by atoms with Crippen LogP contribution in [0, 0.1) is 0 Å². The number of hydrogen-bond donors (Lipinski definition) is 1. The number of rotatable bonds is 11. The lowest BCUT2D eigenvalue weighted by atomic mass is 10.1. The van der Waals surface area contributed by atoms with Gasteiger partial charge in [-0.05, 0) is 59.6 Å². The fourth-order valence-electron chi connectivity index (χ4n) is 2.75. The Morgan fingerprint density at radius 2 is 1.83 bits per heavy atom. The van der Waals surface area contributed by atoms with Crippen LogP contribution in [0.3, 0.4) is 0 Å². The van der Waals surface area contributed by atoms with Crippen molar-refractivity contribution in [2.24, 2.45) is 0 Å². The molecule has 0 heterocycles. The Hall–Kier alpha value is -2.60. The van der Waals surface area contributed by atoms with Crippen molar-refractivity contribution in [1.82, 2.24) is 0 Å². The third kappa shape index (κ3) is 8.11. The molecule has 0 saturated heterocycles. The van der Waals surface area contributed by atoms with Crippen LogP contribution in [0.15, 0.2) is 41.5 Å². The zero-order valence-electron chi connectivity index (χ0n) is 18.3. The van der Waals surface area contributed by atoms with Crippen molar-refractivity contribution in [2.45, 2.75) is 47.5 Å². The number of nitrogens with zero attached hydrogens (tertiary/aromatic N) is 1. The Labute approximate surface area is 174 Å². The monoisotopic (exact) mass is 402 g/mol. The van der Waals surface area contributed by atoms with Crippen molar-refractivity contribution in [3.8, 4) is 0 Å². The fourth-order valence-corrected chi connectivity index (χ4v) is 2.75. The van der Waals surface area contributed by atoms with Gasteiger partial charge in [0.1, 0.15) is 12.2 Å². The third-order valence-electron chi connectivity index (χ3n) is 4.29. The molecule has 0 aromatic heterocycles. The first-order valence-corrected chi connectivity index (χ1v) is 10.0. The van der Waals surface area contributed by atoms with Gasteiger partial charge in [-0.15, -0.1) is 0 Å². The molecular weight excluding hydrogens is 368 g/mol. The van der Waals surface area contributed by atoms with Crippen LogP contribution in [-0.4, -0.2) is 38.2 Å². The van der Waals surface area contributed by atoms with Gasteiger partial charge in [0, 0.05) is 18.8 Å². The molecule has 0 atom stereocenters. The van der Waals surface area contributed by atoms with Gasteiger partial charge in [-0.25, -0.2) is 4.79 Å². The number of anilines is 2. The molecule has 0 radical (unpaired) electrons. The van der Waals surface area contributed by atoms with Crippen molar-refractivity contribution < 1.29 is 19.1 Å². The number of carbonyl (C=O) groups excluding carboxylic acids is 2. The molecule has 160 valence electrons. The second kappa shape index (κ2) is 12.8. The minimum Gasteiger partial charge on any atom is -0.462 e. The number of amides is 1. The number of hydrogen-bond acceptors (Lipinski definition) is 5. The van der Waals surface area contributed by atoms with E-state index in [1.807, 2.05) is 19.9 Å². The number of benzene rings is 1. The number of ether oxygens (including phenoxy) is 2. The first-order chi connectivity index (χ1) is 13.8. The van der Waals surface area contributed by atoms with Crippen LogP contribution in [0.2, 0.25) is 0 Å². The molecule has 6 heteroatoms. The molecule has 0 bridgehead atoms. The summed E-state index contributed by atoms with van der Waals surface area (Å²) < 4.78 is 10.5. The molecule has 0 saturated carbocycles. The molecule has 1 aromatic carbocycles. The van der Waals surface area contributed by atoms with E-state index in [4.69, 9.17) is 15.2 Å². The molecule has 0 fully saturated rings. The number of nitrogens with two attached hydrogens (primary N) is 1. The predicted octanol–water partition coefficient (Wildman–Crippen LogP) is 4.51. The molecule has 0 aliphatic heterocycles. The van der Waals surface area contributed by atoms with E-state index in [2.05, 4.69) is 19.9 Å². The summed E-state index contributed by atoms with van der Waals surface area (Å²) in [6.45, 7) is 10.6. The van der Waals surface area contributed by atoms with E-state index >= 15 is 0 Å². The molecule has 29 heavy (non-hydrogen) atoms. The van der Waals surface area contributed by atoms with Crippen molar-refractivity contribution in [2.75, 3.05) is 37.0 Å². The maximum Gasteiger partial charge on any atom is 0.342 e. The molecular formula is C23H34N2O4. The molecule has 6 nitrogen and oxygen atoms in total. The maximum atomic E-state index is 12.8. The van der Waals surface area contributed by atoms with E-state index in [1.165, 1.54) is 16.0 Å². The SMILES string of the molecule is CCOCC(=O)N(CC=C(C)CCC=C(C)C)c1cccc(N)c1C(=O)OCC. The maximum absolute atomic E-state index is 12.8. The van der Waals surface area contributed by atoms with Gasteiger partial charge in [0.15, 0.2) is 0 Å². The van der Waals surface area contributed by atoms with E-state index < -0.39 is 5.97 Å². The lowest BCUT2D eigenvalue weighted by molar-refractivity contribution is -0.122. The molecule has 0 aliphatic rings. The van der Waals surface area contributed by atoms with Crippen molar-refractivity contribution in [1.29, 1.82) is 0 Å². The molecule has 0 spiro atoms. The lowest BCUT2D eigenvalue weighted by Crippen LogP contribution is -2.36. The number of nitrogen functional groups attached to an aromatic ring is 1. The van der Waals surface area contributed by atoms with Crippen LogP contribution in [-0.2, 0) is 14.3 Å². The largest absolute Gasteiger partial charge is 0.462 e. The Bertz CT molecular complexity index is 749. The quantitative estimate of drug-likeness (QED) is 0.335. The summed E-state index contributed by atoms with van der Waals surface area (Å²) in [5.74, 6) is -0.782. The zero-order chi connectivity index (χ0) is 21.8. The minimum absolute atomic E-state index is 0.0712. The highest BCUT2D eigenvalue weighted by Crippen LogP contribution is 2.27. The Morgan fingerprint density at radius 3 is 2.45 bits per heavy atom. The van der Waals surface area contributed by atoms with Crippen molar-refractivity contribution in [3.63, 3.8) is 0 Å². The third-order valence-corrected chi connectivity index (χ3v) is 4.29. The summed E-state index contributed by atoms with van der Waals surface area (Å²) >= 11 is 0. The van der Waals surface area contributed by atoms with Gasteiger partial charge < -0.3 is 20.1 Å². The van der Waals surface area contributed by atoms with E-state index in [9.17, 15) is 9.59 Å². The topological polar surface area (TPSA) is 81.9 Å². The molecule has 1 amide bonds. The van der Waals surface area contributed by atoms with Gasteiger partial charge in [0.05, 0.1) is 12.3 Å². The molecule has 2 N–H and O–H groups in total. The van der Waals surface area contributed by atoms with Crippen LogP contribution in [0.4, 0.5) is 11.4 Å². The highest BCUT2D eigenvalue weighted by Gasteiger charge is 2.24.